The van der Waals surface area contributed by atoms with E-state index in [2.05, 4.69) is 39.5 Å². The zero-order chi connectivity index (χ0) is 15.3. The van der Waals surface area contributed by atoms with Crippen LogP contribution in [0.15, 0.2) is 24.3 Å². The van der Waals surface area contributed by atoms with Gasteiger partial charge in [0.05, 0.1) is 0 Å². The minimum atomic E-state index is -0.160. The Morgan fingerprint density at radius 2 is 1.85 bits per heavy atom. The molecule has 20 heavy (non-hydrogen) atoms. The summed E-state index contributed by atoms with van der Waals surface area (Å²) in [6, 6.07) is 7.28. The van der Waals surface area contributed by atoms with Gasteiger partial charge in [0.1, 0.15) is 6.61 Å². The lowest BCUT2D eigenvalue weighted by Gasteiger charge is -2.35. The summed E-state index contributed by atoms with van der Waals surface area (Å²) in [6.45, 7) is 8.25. The van der Waals surface area contributed by atoms with Crippen molar-refractivity contribution < 1.29 is 9.90 Å². The number of carbonyl (C=O) groups is 1. The van der Waals surface area contributed by atoms with Crippen LogP contribution < -0.4 is 0 Å². The zero-order valence-corrected chi connectivity index (χ0v) is 12.9. The maximum absolute atomic E-state index is 12.4. The number of hydrogen-bond donors (Lipinski definition) is 1. The Labute approximate surface area is 121 Å². The molecule has 0 aliphatic rings. The van der Waals surface area contributed by atoms with E-state index in [1.165, 1.54) is 0 Å². The number of rotatable bonds is 2. The van der Waals surface area contributed by atoms with Gasteiger partial charge in [0.25, 0.3) is 5.91 Å². The molecule has 0 saturated heterocycles. The molecule has 108 valence electrons. The van der Waals surface area contributed by atoms with Crippen molar-refractivity contribution in [3.63, 3.8) is 0 Å². The predicted molar refractivity (Wildman–Crippen MR) is 81.4 cm³/mol. The molecule has 0 spiro atoms. The first-order valence-corrected chi connectivity index (χ1v) is 6.74. The molecule has 1 unspecified atom stereocenters. The SMILES string of the molecule is CC(N(C)C(=O)c1ccc(C#CCO)cc1)C(C)(C)C. The lowest BCUT2D eigenvalue weighted by atomic mass is 9.87. The molecule has 1 atom stereocenters. The molecule has 1 aromatic rings. The first kappa shape index (κ1) is 16.3. The van der Waals surface area contributed by atoms with Gasteiger partial charge in [-0.25, -0.2) is 0 Å². The number of amides is 1. The van der Waals surface area contributed by atoms with Crippen LogP contribution >= 0.6 is 0 Å². The van der Waals surface area contributed by atoms with E-state index in [0.29, 0.717) is 5.56 Å². The summed E-state index contributed by atoms with van der Waals surface area (Å²) in [5.41, 5.74) is 1.48. The minimum Gasteiger partial charge on any atom is -0.384 e. The van der Waals surface area contributed by atoms with Crippen molar-refractivity contribution in [3.05, 3.63) is 35.4 Å². The highest BCUT2D eigenvalue weighted by molar-refractivity contribution is 5.94. The number of benzene rings is 1. The Bertz CT molecular complexity index is 515. The normalized spacial score (nSPS) is 12.3. The van der Waals surface area contributed by atoms with Gasteiger partial charge in [-0.1, -0.05) is 32.6 Å². The molecule has 0 bridgehead atoms. The van der Waals surface area contributed by atoms with Crippen LogP contribution in [0.3, 0.4) is 0 Å². The van der Waals surface area contributed by atoms with Crippen molar-refractivity contribution in [1.29, 1.82) is 0 Å². The third-order valence-corrected chi connectivity index (χ3v) is 3.60. The fraction of sp³-hybridized carbons (Fsp3) is 0.471. The number of nitrogens with zero attached hydrogens (tertiary/aromatic N) is 1. The van der Waals surface area contributed by atoms with E-state index < -0.39 is 0 Å². The fourth-order valence-corrected chi connectivity index (χ4v) is 1.80. The van der Waals surface area contributed by atoms with Crippen LogP contribution in [0.25, 0.3) is 0 Å². The van der Waals surface area contributed by atoms with E-state index in [0.717, 1.165) is 5.56 Å². The molecule has 0 saturated carbocycles. The Morgan fingerprint density at radius 3 is 2.30 bits per heavy atom. The van der Waals surface area contributed by atoms with Crippen molar-refractivity contribution in [2.45, 2.75) is 33.7 Å². The number of hydrogen-bond acceptors (Lipinski definition) is 2. The Hall–Kier alpha value is -1.79. The van der Waals surface area contributed by atoms with Gasteiger partial charge in [-0.15, -0.1) is 0 Å². The molecule has 0 radical (unpaired) electrons. The summed E-state index contributed by atoms with van der Waals surface area (Å²) in [5.74, 6) is 5.40. The zero-order valence-electron chi connectivity index (χ0n) is 12.9. The van der Waals surface area contributed by atoms with Gasteiger partial charge in [-0.05, 0) is 36.6 Å². The standard InChI is InChI=1S/C17H23NO2/c1-13(17(2,3)4)18(5)16(20)15-10-8-14(9-11-15)7-6-12-19/h8-11,13,19H,12H2,1-5H3. The largest absolute Gasteiger partial charge is 0.384 e. The Morgan fingerprint density at radius 1 is 1.30 bits per heavy atom. The Balaban J connectivity index is 2.87. The second-order valence-electron chi connectivity index (χ2n) is 6.00. The molecule has 1 aromatic carbocycles. The van der Waals surface area contributed by atoms with Crippen LogP contribution in [-0.4, -0.2) is 35.6 Å². The average molecular weight is 273 g/mol. The summed E-state index contributed by atoms with van der Waals surface area (Å²) in [4.78, 5) is 14.2. The van der Waals surface area contributed by atoms with E-state index >= 15 is 0 Å². The van der Waals surface area contributed by atoms with E-state index in [4.69, 9.17) is 5.11 Å². The summed E-state index contributed by atoms with van der Waals surface area (Å²) in [6.07, 6.45) is 0. The molecule has 0 fully saturated rings. The highest BCUT2D eigenvalue weighted by Gasteiger charge is 2.27. The first-order valence-electron chi connectivity index (χ1n) is 6.74. The fourth-order valence-electron chi connectivity index (χ4n) is 1.80. The number of aliphatic hydroxyl groups is 1. The summed E-state index contributed by atoms with van der Waals surface area (Å²) in [5, 5.41) is 8.65. The molecule has 0 aromatic heterocycles. The molecule has 0 aliphatic carbocycles. The van der Waals surface area contributed by atoms with Crippen molar-refractivity contribution in [2.24, 2.45) is 5.41 Å². The van der Waals surface area contributed by atoms with E-state index in [-0.39, 0.29) is 24.0 Å². The summed E-state index contributed by atoms with van der Waals surface area (Å²) in [7, 11) is 1.83. The third kappa shape index (κ3) is 4.11. The maximum atomic E-state index is 12.4. The van der Waals surface area contributed by atoms with Crippen LogP contribution in [0.2, 0.25) is 0 Å². The van der Waals surface area contributed by atoms with Gasteiger partial charge >= 0.3 is 0 Å². The lowest BCUT2D eigenvalue weighted by molar-refractivity contribution is 0.0629. The van der Waals surface area contributed by atoms with Crippen LogP contribution in [0.5, 0.6) is 0 Å². The Kier molecular flexibility index (Phi) is 5.35. The summed E-state index contributed by atoms with van der Waals surface area (Å²) >= 11 is 0. The highest BCUT2D eigenvalue weighted by atomic mass is 16.2. The molecule has 3 heteroatoms. The topological polar surface area (TPSA) is 40.5 Å². The lowest BCUT2D eigenvalue weighted by Crippen LogP contribution is -2.42. The third-order valence-electron chi connectivity index (χ3n) is 3.60. The van der Waals surface area contributed by atoms with Crippen molar-refractivity contribution in [3.8, 4) is 11.8 Å². The van der Waals surface area contributed by atoms with E-state index in [1.807, 2.05) is 7.05 Å². The van der Waals surface area contributed by atoms with Crippen LogP contribution in [0.4, 0.5) is 0 Å². The molecular formula is C17H23NO2. The monoisotopic (exact) mass is 273 g/mol. The maximum Gasteiger partial charge on any atom is 0.253 e. The van der Waals surface area contributed by atoms with Crippen LogP contribution in [0.1, 0.15) is 43.6 Å². The second-order valence-corrected chi connectivity index (χ2v) is 6.00. The van der Waals surface area contributed by atoms with Gasteiger partial charge in [-0.2, -0.15) is 0 Å². The van der Waals surface area contributed by atoms with Gasteiger partial charge in [0.2, 0.25) is 0 Å². The molecule has 3 nitrogen and oxygen atoms in total. The molecule has 1 rings (SSSR count). The summed E-state index contributed by atoms with van der Waals surface area (Å²) < 4.78 is 0. The van der Waals surface area contributed by atoms with Crippen molar-refractivity contribution >= 4 is 5.91 Å². The van der Waals surface area contributed by atoms with Gasteiger partial charge in [0.15, 0.2) is 0 Å². The molecule has 0 heterocycles. The first-order chi connectivity index (χ1) is 9.27. The van der Waals surface area contributed by atoms with Gasteiger partial charge in [0, 0.05) is 24.2 Å². The highest BCUT2D eigenvalue weighted by Crippen LogP contribution is 2.24. The average Bonchev–Trinajstić information content (AvgIpc) is 2.42. The van der Waals surface area contributed by atoms with Crippen molar-refractivity contribution in [1.82, 2.24) is 4.90 Å². The predicted octanol–water partition coefficient (Wildman–Crippen LogP) is 2.54. The van der Waals surface area contributed by atoms with Gasteiger partial charge < -0.3 is 10.0 Å². The molecule has 1 N–H and O–H groups in total. The second kappa shape index (κ2) is 6.58. The molecular weight excluding hydrogens is 250 g/mol. The van der Waals surface area contributed by atoms with E-state index in [9.17, 15) is 4.79 Å². The quantitative estimate of drug-likeness (QED) is 0.841. The van der Waals surface area contributed by atoms with Gasteiger partial charge in [-0.3, -0.25) is 4.79 Å². The molecule has 0 aliphatic heterocycles. The van der Waals surface area contributed by atoms with Crippen molar-refractivity contribution in [2.75, 3.05) is 13.7 Å². The molecule has 1 amide bonds. The smallest absolute Gasteiger partial charge is 0.253 e. The number of aliphatic hydroxyl groups excluding tert-OH is 1. The minimum absolute atomic E-state index is 0.00842. The van der Waals surface area contributed by atoms with Crippen LogP contribution in [-0.2, 0) is 0 Å². The van der Waals surface area contributed by atoms with E-state index in [1.54, 1.807) is 29.2 Å². The van der Waals surface area contributed by atoms with Crippen LogP contribution in [0, 0.1) is 17.3 Å². The number of carbonyl (C=O) groups excluding carboxylic acids is 1.